The predicted molar refractivity (Wildman–Crippen MR) is 85.1 cm³/mol. The lowest BCUT2D eigenvalue weighted by Crippen LogP contribution is -2.46. The van der Waals surface area contributed by atoms with Crippen LogP contribution in [0.5, 0.6) is 5.75 Å². The van der Waals surface area contributed by atoms with Crippen molar-refractivity contribution in [1.82, 2.24) is 5.32 Å². The number of ether oxygens (including phenoxy) is 1. The summed E-state index contributed by atoms with van der Waals surface area (Å²) in [6, 6.07) is 5.48. The van der Waals surface area contributed by atoms with Crippen molar-refractivity contribution in [3.63, 3.8) is 0 Å². The Kier molecular flexibility index (Phi) is 4.25. The van der Waals surface area contributed by atoms with Crippen LogP contribution in [-0.4, -0.2) is 30.9 Å². The van der Waals surface area contributed by atoms with Gasteiger partial charge in [-0.05, 0) is 61.8 Å². The molecule has 120 valence electrons. The van der Waals surface area contributed by atoms with E-state index < -0.39 is 0 Å². The molecule has 1 aromatic rings. The Hall–Kier alpha value is -1.75. The van der Waals surface area contributed by atoms with Gasteiger partial charge in [-0.25, -0.2) is 4.79 Å². The average Bonchev–Trinajstić information content (AvgIpc) is 3.10. The molecule has 22 heavy (non-hydrogen) atoms. The van der Waals surface area contributed by atoms with Crippen LogP contribution in [0.25, 0.3) is 0 Å². The molecule has 0 aromatic heterocycles. The van der Waals surface area contributed by atoms with E-state index in [9.17, 15) is 9.90 Å². The molecule has 0 aliphatic heterocycles. The minimum Gasteiger partial charge on any atom is -0.497 e. The molecule has 2 fully saturated rings. The first-order valence-corrected chi connectivity index (χ1v) is 7.95. The summed E-state index contributed by atoms with van der Waals surface area (Å²) in [7, 11) is 1.62. The first-order valence-electron chi connectivity index (χ1n) is 7.95. The molecule has 0 radical (unpaired) electrons. The number of aliphatic hydroxyl groups is 1. The predicted octanol–water partition coefficient (Wildman–Crippen LogP) is 2.53. The van der Waals surface area contributed by atoms with Gasteiger partial charge in [0.05, 0.1) is 7.11 Å². The molecular weight excluding hydrogens is 280 g/mol. The summed E-state index contributed by atoms with van der Waals surface area (Å²) < 4.78 is 5.17. The maximum atomic E-state index is 12.3. The molecule has 0 heterocycles. The van der Waals surface area contributed by atoms with Crippen LogP contribution < -0.4 is 15.4 Å². The molecule has 5 nitrogen and oxygen atoms in total. The maximum absolute atomic E-state index is 12.3. The number of hydrogen-bond donors (Lipinski definition) is 3. The first-order chi connectivity index (χ1) is 10.6. The number of carbonyl (C=O) groups excluding carboxylic acids is 1. The third kappa shape index (κ3) is 2.77. The lowest BCUT2D eigenvalue weighted by Gasteiger charge is -2.30. The molecule has 2 bridgehead atoms. The highest BCUT2D eigenvalue weighted by Gasteiger charge is 2.47. The Balaban J connectivity index is 1.63. The highest BCUT2D eigenvalue weighted by molar-refractivity contribution is 5.90. The van der Waals surface area contributed by atoms with Crippen LogP contribution in [0.2, 0.25) is 0 Å². The number of carbonyl (C=O) groups is 1. The number of benzene rings is 1. The van der Waals surface area contributed by atoms with E-state index in [0.717, 1.165) is 29.8 Å². The number of nitrogens with one attached hydrogen (secondary N) is 2. The summed E-state index contributed by atoms with van der Waals surface area (Å²) in [6.45, 7) is 2.10. The highest BCUT2D eigenvalue weighted by atomic mass is 16.5. The van der Waals surface area contributed by atoms with Crippen molar-refractivity contribution < 1.29 is 14.6 Å². The van der Waals surface area contributed by atoms with Crippen LogP contribution in [0.3, 0.4) is 0 Å². The molecule has 2 aliphatic rings. The Morgan fingerprint density at radius 2 is 2.14 bits per heavy atom. The Bertz CT molecular complexity index is 561. The number of anilines is 1. The molecule has 2 aliphatic carbocycles. The van der Waals surface area contributed by atoms with Crippen LogP contribution in [0.1, 0.15) is 24.8 Å². The van der Waals surface area contributed by atoms with E-state index >= 15 is 0 Å². The largest absolute Gasteiger partial charge is 0.497 e. The van der Waals surface area contributed by atoms with E-state index in [4.69, 9.17) is 4.74 Å². The van der Waals surface area contributed by atoms with Gasteiger partial charge in [0.1, 0.15) is 5.75 Å². The monoisotopic (exact) mass is 304 g/mol. The Morgan fingerprint density at radius 3 is 2.82 bits per heavy atom. The molecule has 2 saturated carbocycles. The molecule has 1 aromatic carbocycles. The molecule has 0 unspecified atom stereocenters. The molecule has 4 atom stereocenters. The second-order valence-electron chi connectivity index (χ2n) is 6.48. The fraction of sp³-hybridized carbons (Fsp3) is 0.588. The number of methoxy groups -OCH3 is 1. The third-order valence-electron chi connectivity index (χ3n) is 5.28. The standard InChI is InChI=1S/C17H24N2O3/c1-10-7-13(22-2)5-6-15(10)18-17(21)19-16-12-4-3-11(8-12)14(16)9-20/h5-7,11-12,14,16,20H,3-4,8-9H2,1-2H3,(H2,18,19,21)/t11-,12-,14+,16-/m0/s1. The molecule has 3 N–H and O–H groups in total. The lowest BCUT2D eigenvalue weighted by atomic mass is 9.85. The number of urea groups is 1. The van der Waals surface area contributed by atoms with Gasteiger partial charge in [0.2, 0.25) is 0 Å². The molecule has 0 saturated heterocycles. The average molecular weight is 304 g/mol. The molecular formula is C17H24N2O3. The zero-order valence-corrected chi connectivity index (χ0v) is 13.1. The zero-order valence-electron chi connectivity index (χ0n) is 13.1. The van der Waals surface area contributed by atoms with Crippen molar-refractivity contribution in [2.24, 2.45) is 17.8 Å². The van der Waals surface area contributed by atoms with Crippen molar-refractivity contribution in [1.29, 1.82) is 0 Å². The van der Waals surface area contributed by atoms with Crippen molar-refractivity contribution in [3.8, 4) is 5.75 Å². The van der Waals surface area contributed by atoms with Crippen LogP contribution in [0.4, 0.5) is 10.5 Å². The summed E-state index contributed by atoms with van der Waals surface area (Å²) in [5.41, 5.74) is 1.74. The second kappa shape index (κ2) is 6.16. The Labute approximate surface area is 131 Å². The minimum absolute atomic E-state index is 0.0994. The van der Waals surface area contributed by atoms with E-state index in [0.29, 0.717) is 11.8 Å². The van der Waals surface area contributed by atoms with Crippen LogP contribution >= 0.6 is 0 Å². The first kappa shape index (κ1) is 15.2. The van der Waals surface area contributed by atoms with Gasteiger partial charge in [0.15, 0.2) is 0 Å². The molecule has 3 rings (SSSR count). The normalized spacial score (nSPS) is 29.4. The fourth-order valence-electron chi connectivity index (χ4n) is 4.11. The number of aliphatic hydroxyl groups excluding tert-OH is 1. The van der Waals surface area contributed by atoms with Gasteiger partial charge in [-0.2, -0.15) is 0 Å². The topological polar surface area (TPSA) is 70.6 Å². The summed E-state index contributed by atoms with van der Waals surface area (Å²) >= 11 is 0. The number of rotatable bonds is 4. The summed E-state index contributed by atoms with van der Waals surface area (Å²) in [4.78, 5) is 12.3. The van der Waals surface area contributed by atoms with Crippen LogP contribution in [0.15, 0.2) is 18.2 Å². The van der Waals surface area contributed by atoms with Gasteiger partial charge in [-0.1, -0.05) is 0 Å². The number of amides is 2. The van der Waals surface area contributed by atoms with Crippen LogP contribution in [0, 0.1) is 24.7 Å². The second-order valence-corrected chi connectivity index (χ2v) is 6.48. The van der Waals surface area contributed by atoms with Gasteiger partial charge in [0, 0.05) is 24.3 Å². The smallest absolute Gasteiger partial charge is 0.319 e. The highest BCUT2D eigenvalue weighted by Crippen LogP contribution is 2.48. The van der Waals surface area contributed by atoms with Gasteiger partial charge in [0.25, 0.3) is 0 Å². The summed E-state index contributed by atoms with van der Waals surface area (Å²) in [5.74, 6) is 2.08. The molecule has 2 amide bonds. The molecule has 5 heteroatoms. The van der Waals surface area contributed by atoms with E-state index in [-0.39, 0.29) is 24.6 Å². The van der Waals surface area contributed by atoms with Crippen molar-refractivity contribution >= 4 is 11.7 Å². The fourth-order valence-corrected chi connectivity index (χ4v) is 4.11. The van der Waals surface area contributed by atoms with E-state index in [1.54, 1.807) is 7.11 Å². The van der Waals surface area contributed by atoms with Crippen molar-refractivity contribution in [2.75, 3.05) is 19.0 Å². The number of fused-ring (bicyclic) bond motifs is 2. The Morgan fingerprint density at radius 1 is 1.36 bits per heavy atom. The quantitative estimate of drug-likeness (QED) is 0.800. The summed E-state index contributed by atoms with van der Waals surface area (Å²) in [6.07, 6.45) is 3.48. The van der Waals surface area contributed by atoms with E-state index in [2.05, 4.69) is 10.6 Å². The van der Waals surface area contributed by atoms with Gasteiger partial charge >= 0.3 is 6.03 Å². The van der Waals surface area contributed by atoms with Gasteiger partial charge in [-0.15, -0.1) is 0 Å². The van der Waals surface area contributed by atoms with E-state index in [1.807, 2.05) is 25.1 Å². The van der Waals surface area contributed by atoms with Crippen molar-refractivity contribution in [3.05, 3.63) is 23.8 Å². The third-order valence-corrected chi connectivity index (χ3v) is 5.28. The molecule has 0 spiro atoms. The lowest BCUT2D eigenvalue weighted by molar-refractivity contribution is 0.146. The maximum Gasteiger partial charge on any atom is 0.319 e. The number of hydrogen-bond acceptors (Lipinski definition) is 3. The van der Waals surface area contributed by atoms with Gasteiger partial charge < -0.3 is 20.5 Å². The van der Waals surface area contributed by atoms with Gasteiger partial charge in [-0.3, -0.25) is 0 Å². The SMILES string of the molecule is COc1ccc(NC(=O)N[C@H]2[C@H]3CC[C@@H](C3)[C@H]2CO)c(C)c1. The summed E-state index contributed by atoms with van der Waals surface area (Å²) in [5, 5.41) is 15.6. The van der Waals surface area contributed by atoms with E-state index in [1.165, 1.54) is 6.42 Å². The van der Waals surface area contributed by atoms with Crippen molar-refractivity contribution in [2.45, 2.75) is 32.2 Å². The minimum atomic E-state index is -0.190. The van der Waals surface area contributed by atoms with Crippen LogP contribution in [-0.2, 0) is 0 Å². The zero-order chi connectivity index (χ0) is 15.7. The number of aryl methyl sites for hydroxylation is 1.